The highest BCUT2D eigenvalue weighted by Crippen LogP contribution is 2.26. The van der Waals surface area contributed by atoms with Gasteiger partial charge in [-0.3, -0.25) is 0 Å². The summed E-state index contributed by atoms with van der Waals surface area (Å²) in [6.45, 7) is 7.80. The molecule has 0 aliphatic heterocycles. The lowest BCUT2D eigenvalue weighted by atomic mass is 10.1. The second-order valence-corrected chi connectivity index (χ2v) is 4.53. The molecule has 1 aromatic rings. The average molecular weight is 252 g/mol. The number of hydrogen-bond acceptors (Lipinski definition) is 3. The maximum Gasteiger partial charge on any atom is 0.125 e. The Hall–Kier alpha value is -1.06. The summed E-state index contributed by atoms with van der Waals surface area (Å²) in [5, 5.41) is 9.66. The lowest BCUT2D eigenvalue weighted by Gasteiger charge is -2.14. The van der Waals surface area contributed by atoms with E-state index >= 15 is 0 Å². The van der Waals surface area contributed by atoms with Crippen molar-refractivity contribution in [2.75, 3.05) is 19.8 Å². The Morgan fingerprint density at radius 1 is 1.22 bits per heavy atom. The maximum absolute atomic E-state index is 9.66. The first-order valence-electron chi connectivity index (χ1n) is 6.64. The van der Waals surface area contributed by atoms with Gasteiger partial charge in [0.15, 0.2) is 0 Å². The maximum atomic E-state index is 9.66. The minimum absolute atomic E-state index is 0.512. The Morgan fingerprint density at radius 3 is 2.67 bits per heavy atom. The number of rotatable bonds is 8. The third-order valence-corrected chi connectivity index (χ3v) is 2.75. The van der Waals surface area contributed by atoms with Crippen LogP contribution in [0.25, 0.3) is 0 Å². The van der Waals surface area contributed by atoms with Gasteiger partial charge < -0.3 is 14.6 Å². The van der Waals surface area contributed by atoms with Crippen LogP contribution in [0.1, 0.15) is 43.9 Å². The van der Waals surface area contributed by atoms with Crippen LogP contribution in [-0.4, -0.2) is 24.9 Å². The summed E-state index contributed by atoms with van der Waals surface area (Å²) in [7, 11) is 0. The zero-order valence-corrected chi connectivity index (χ0v) is 11.6. The highest BCUT2D eigenvalue weighted by molar-refractivity contribution is 5.38. The van der Waals surface area contributed by atoms with Gasteiger partial charge in [-0.05, 0) is 31.9 Å². The van der Waals surface area contributed by atoms with Crippen LogP contribution >= 0.6 is 0 Å². The van der Waals surface area contributed by atoms with E-state index in [9.17, 15) is 5.11 Å². The largest absolute Gasteiger partial charge is 0.491 e. The van der Waals surface area contributed by atoms with Crippen molar-refractivity contribution < 1.29 is 14.6 Å². The Labute approximate surface area is 110 Å². The molecular formula is C15H24O3. The van der Waals surface area contributed by atoms with E-state index in [1.807, 2.05) is 25.1 Å². The van der Waals surface area contributed by atoms with Crippen LogP contribution in [0.15, 0.2) is 18.2 Å². The third kappa shape index (κ3) is 5.07. The fraction of sp³-hybridized carbons (Fsp3) is 0.600. The van der Waals surface area contributed by atoms with Crippen LogP contribution in [0.2, 0.25) is 0 Å². The summed E-state index contributed by atoms with van der Waals surface area (Å²) in [4.78, 5) is 0. The average Bonchev–Trinajstić information content (AvgIpc) is 2.33. The first-order chi connectivity index (χ1) is 8.65. The van der Waals surface area contributed by atoms with Gasteiger partial charge in [0, 0.05) is 12.2 Å². The molecule has 0 radical (unpaired) electrons. The van der Waals surface area contributed by atoms with Crippen LogP contribution in [-0.2, 0) is 4.74 Å². The van der Waals surface area contributed by atoms with Crippen molar-refractivity contribution in [1.82, 2.24) is 0 Å². The fourth-order valence-corrected chi connectivity index (χ4v) is 1.67. The minimum Gasteiger partial charge on any atom is -0.491 e. The Morgan fingerprint density at radius 2 is 2.00 bits per heavy atom. The number of aryl methyl sites for hydroxylation is 1. The van der Waals surface area contributed by atoms with Gasteiger partial charge in [-0.1, -0.05) is 25.5 Å². The van der Waals surface area contributed by atoms with E-state index in [4.69, 9.17) is 9.47 Å². The summed E-state index contributed by atoms with van der Waals surface area (Å²) >= 11 is 0. The molecule has 0 unspecified atom stereocenters. The standard InChI is InChI=1S/C15H24O3/c1-4-5-8-17-9-10-18-15-11-12(2)6-7-14(15)13(3)16/h6-7,11,13,16H,4-5,8-10H2,1-3H3/t13-/m1/s1. The number of unbranched alkanes of at least 4 members (excludes halogenated alkanes) is 1. The molecule has 0 fully saturated rings. The molecule has 0 saturated heterocycles. The highest BCUT2D eigenvalue weighted by Gasteiger charge is 2.09. The van der Waals surface area contributed by atoms with Crippen molar-refractivity contribution in [3.05, 3.63) is 29.3 Å². The minimum atomic E-state index is -0.512. The summed E-state index contributed by atoms with van der Waals surface area (Å²) in [6, 6.07) is 5.84. The summed E-state index contributed by atoms with van der Waals surface area (Å²) in [6.07, 6.45) is 1.72. The molecule has 18 heavy (non-hydrogen) atoms. The van der Waals surface area contributed by atoms with Gasteiger partial charge in [0.2, 0.25) is 0 Å². The second kappa shape index (κ2) is 8.11. The van der Waals surface area contributed by atoms with Crippen molar-refractivity contribution in [2.45, 2.75) is 39.7 Å². The SMILES string of the molecule is CCCCOCCOc1cc(C)ccc1[C@@H](C)O. The fourth-order valence-electron chi connectivity index (χ4n) is 1.67. The Kier molecular flexibility index (Phi) is 6.76. The molecule has 1 atom stereocenters. The van der Waals surface area contributed by atoms with E-state index in [0.29, 0.717) is 13.2 Å². The predicted molar refractivity (Wildman–Crippen MR) is 73.0 cm³/mol. The molecule has 1 rings (SSSR count). The predicted octanol–water partition coefficient (Wildman–Crippen LogP) is 3.24. The zero-order chi connectivity index (χ0) is 13.4. The normalized spacial score (nSPS) is 12.4. The van der Waals surface area contributed by atoms with E-state index in [0.717, 1.165) is 36.3 Å². The summed E-state index contributed by atoms with van der Waals surface area (Å²) in [5.41, 5.74) is 1.95. The van der Waals surface area contributed by atoms with Crippen molar-refractivity contribution in [2.24, 2.45) is 0 Å². The van der Waals surface area contributed by atoms with E-state index in [2.05, 4.69) is 6.92 Å². The van der Waals surface area contributed by atoms with Crippen molar-refractivity contribution in [1.29, 1.82) is 0 Å². The Balaban J connectivity index is 2.43. The van der Waals surface area contributed by atoms with E-state index in [1.165, 1.54) is 0 Å². The van der Waals surface area contributed by atoms with Gasteiger partial charge >= 0.3 is 0 Å². The molecule has 3 heteroatoms. The topological polar surface area (TPSA) is 38.7 Å². The molecule has 0 aromatic heterocycles. The van der Waals surface area contributed by atoms with Gasteiger partial charge in [0.25, 0.3) is 0 Å². The van der Waals surface area contributed by atoms with Gasteiger partial charge in [-0.25, -0.2) is 0 Å². The molecular weight excluding hydrogens is 228 g/mol. The van der Waals surface area contributed by atoms with Gasteiger partial charge in [0.05, 0.1) is 12.7 Å². The van der Waals surface area contributed by atoms with Gasteiger partial charge in [0.1, 0.15) is 12.4 Å². The number of hydrogen-bond donors (Lipinski definition) is 1. The lowest BCUT2D eigenvalue weighted by Crippen LogP contribution is -2.09. The molecule has 102 valence electrons. The monoisotopic (exact) mass is 252 g/mol. The van der Waals surface area contributed by atoms with Gasteiger partial charge in [-0.2, -0.15) is 0 Å². The van der Waals surface area contributed by atoms with Crippen LogP contribution < -0.4 is 4.74 Å². The van der Waals surface area contributed by atoms with Gasteiger partial charge in [-0.15, -0.1) is 0 Å². The van der Waals surface area contributed by atoms with E-state index in [-0.39, 0.29) is 0 Å². The second-order valence-electron chi connectivity index (χ2n) is 4.53. The van der Waals surface area contributed by atoms with E-state index in [1.54, 1.807) is 6.92 Å². The lowest BCUT2D eigenvalue weighted by molar-refractivity contribution is 0.0962. The van der Waals surface area contributed by atoms with Crippen LogP contribution in [0.4, 0.5) is 0 Å². The van der Waals surface area contributed by atoms with Crippen molar-refractivity contribution in [3.8, 4) is 5.75 Å². The molecule has 1 aromatic carbocycles. The van der Waals surface area contributed by atoms with E-state index < -0.39 is 6.10 Å². The Bertz CT molecular complexity index is 348. The molecule has 0 amide bonds. The highest BCUT2D eigenvalue weighted by atomic mass is 16.5. The molecule has 0 aliphatic rings. The number of aliphatic hydroxyl groups is 1. The number of aliphatic hydroxyl groups excluding tert-OH is 1. The molecule has 3 nitrogen and oxygen atoms in total. The molecule has 0 saturated carbocycles. The third-order valence-electron chi connectivity index (χ3n) is 2.75. The van der Waals surface area contributed by atoms with Crippen LogP contribution in [0.5, 0.6) is 5.75 Å². The van der Waals surface area contributed by atoms with Crippen molar-refractivity contribution >= 4 is 0 Å². The summed E-state index contributed by atoms with van der Waals surface area (Å²) < 4.78 is 11.1. The molecule has 0 aliphatic carbocycles. The molecule has 0 spiro atoms. The first-order valence-corrected chi connectivity index (χ1v) is 6.64. The van der Waals surface area contributed by atoms with Crippen LogP contribution in [0.3, 0.4) is 0 Å². The number of ether oxygens (including phenoxy) is 2. The smallest absolute Gasteiger partial charge is 0.125 e. The number of benzene rings is 1. The van der Waals surface area contributed by atoms with Crippen LogP contribution in [0, 0.1) is 6.92 Å². The summed E-state index contributed by atoms with van der Waals surface area (Å²) in [5.74, 6) is 0.754. The van der Waals surface area contributed by atoms with Crippen molar-refractivity contribution in [3.63, 3.8) is 0 Å². The molecule has 0 heterocycles. The zero-order valence-electron chi connectivity index (χ0n) is 11.6. The quantitative estimate of drug-likeness (QED) is 0.722. The molecule has 1 N–H and O–H groups in total. The first kappa shape index (κ1) is 15.0. The molecule has 0 bridgehead atoms.